The van der Waals surface area contributed by atoms with Gasteiger partial charge in [0.2, 0.25) is 0 Å². The third-order valence-corrected chi connectivity index (χ3v) is 5.02. The summed E-state index contributed by atoms with van der Waals surface area (Å²) in [6.45, 7) is 0.698. The van der Waals surface area contributed by atoms with E-state index in [0.29, 0.717) is 16.6 Å². The van der Waals surface area contributed by atoms with E-state index < -0.39 is 0 Å². The number of benzene rings is 2. The second kappa shape index (κ2) is 7.47. The zero-order chi connectivity index (χ0) is 17.1. The van der Waals surface area contributed by atoms with Crippen LogP contribution in [-0.2, 0) is 6.42 Å². The van der Waals surface area contributed by atoms with Crippen molar-refractivity contribution in [1.82, 2.24) is 4.98 Å². The number of rotatable bonds is 6. The fourth-order valence-electron chi connectivity index (χ4n) is 2.99. The highest BCUT2D eigenvalue weighted by molar-refractivity contribution is 6.45. The van der Waals surface area contributed by atoms with Crippen molar-refractivity contribution in [2.45, 2.75) is 19.3 Å². The summed E-state index contributed by atoms with van der Waals surface area (Å²) in [7, 11) is 1.67. The number of halogens is 2. The summed E-state index contributed by atoms with van der Waals surface area (Å²) in [5.74, 6) is 0.822. The average Bonchev–Trinajstić information content (AvgIpc) is 2.98. The van der Waals surface area contributed by atoms with Crippen LogP contribution in [0.1, 0.15) is 18.4 Å². The number of ether oxygens (including phenoxy) is 1. The van der Waals surface area contributed by atoms with Gasteiger partial charge in [0.25, 0.3) is 0 Å². The highest BCUT2D eigenvalue weighted by Crippen LogP contribution is 2.38. The summed E-state index contributed by atoms with van der Waals surface area (Å²) >= 11 is 12.6. The number of hydrogen-bond donors (Lipinski definition) is 2. The van der Waals surface area contributed by atoms with Crippen molar-refractivity contribution in [3.63, 3.8) is 0 Å². The Morgan fingerprint density at radius 1 is 1.12 bits per heavy atom. The molecule has 0 amide bonds. The lowest BCUT2D eigenvalue weighted by atomic mass is 10.00. The van der Waals surface area contributed by atoms with E-state index in [1.165, 1.54) is 5.56 Å². The van der Waals surface area contributed by atoms with Crippen LogP contribution in [0.4, 0.5) is 0 Å². The molecule has 3 rings (SSSR count). The van der Waals surface area contributed by atoms with Gasteiger partial charge in [0.1, 0.15) is 5.75 Å². The zero-order valence-corrected chi connectivity index (χ0v) is 15.0. The van der Waals surface area contributed by atoms with Gasteiger partial charge in [0.05, 0.1) is 22.7 Å². The second-order valence-corrected chi connectivity index (χ2v) is 6.53. The molecule has 0 unspecified atom stereocenters. The van der Waals surface area contributed by atoms with Gasteiger partial charge in [-0.15, -0.1) is 0 Å². The summed E-state index contributed by atoms with van der Waals surface area (Å²) in [4.78, 5) is 3.46. The van der Waals surface area contributed by atoms with Crippen molar-refractivity contribution in [2.24, 2.45) is 5.73 Å². The Morgan fingerprint density at radius 3 is 2.71 bits per heavy atom. The van der Waals surface area contributed by atoms with Gasteiger partial charge in [-0.2, -0.15) is 0 Å². The Balaban J connectivity index is 2.17. The third-order valence-electron chi connectivity index (χ3n) is 4.21. The molecule has 0 atom stereocenters. The number of aromatic amines is 1. The maximum absolute atomic E-state index is 6.41. The van der Waals surface area contributed by atoms with Crippen LogP contribution in [0.15, 0.2) is 36.4 Å². The van der Waals surface area contributed by atoms with Crippen LogP contribution in [-0.4, -0.2) is 18.6 Å². The molecule has 0 aliphatic rings. The molecule has 1 heterocycles. The maximum atomic E-state index is 6.41. The van der Waals surface area contributed by atoms with Gasteiger partial charge in [-0.3, -0.25) is 0 Å². The highest BCUT2D eigenvalue weighted by Gasteiger charge is 2.16. The smallest absolute Gasteiger partial charge is 0.119 e. The predicted octanol–water partition coefficient (Wildman–Crippen LogP) is 5.43. The molecule has 2 aromatic carbocycles. The fraction of sp³-hybridized carbons (Fsp3) is 0.263. The quantitative estimate of drug-likeness (QED) is 0.574. The largest absolute Gasteiger partial charge is 0.497 e. The van der Waals surface area contributed by atoms with Crippen LogP contribution in [0.2, 0.25) is 10.0 Å². The molecule has 0 saturated heterocycles. The number of fused-ring (bicyclic) bond motifs is 1. The molecule has 3 aromatic rings. The van der Waals surface area contributed by atoms with E-state index in [2.05, 4.69) is 11.1 Å². The number of nitrogens with one attached hydrogen (secondary N) is 1. The van der Waals surface area contributed by atoms with E-state index in [1.807, 2.05) is 30.3 Å². The molecule has 0 radical (unpaired) electrons. The standard InChI is InChI=1S/C19H20Cl2N2O/c1-24-13-6-4-5-12(11-13)18-14(7-2-3-10-22)15-8-9-16(20)17(21)19(15)23-18/h4-6,8-9,11,23H,2-3,7,10,22H2,1H3. The number of hydrogen-bond acceptors (Lipinski definition) is 2. The molecule has 0 aliphatic heterocycles. The Bertz CT molecular complexity index is 858. The lowest BCUT2D eigenvalue weighted by Gasteiger charge is -2.07. The van der Waals surface area contributed by atoms with E-state index in [0.717, 1.165) is 47.2 Å². The molecule has 5 heteroatoms. The number of methoxy groups -OCH3 is 1. The van der Waals surface area contributed by atoms with E-state index in [-0.39, 0.29) is 0 Å². The minimum atomic E-state index is 0.552. The number of unbranched alkanes of at least 4 members (excludes halogenated alkanes) is 1. The van der Waals surface area contributed by atoms with Gasteiger partial charge in [-0.05, 0) is 49.6 Å². The molecule has 3 nitrogen and oxygen atoms in total. The Morgan fingerprint density at radius 2 is 1.96 bits per heavy atom. The van der Waals surface area contributed by atoms with Crippen molar-refractivity contribution < 1.29 is 4.74 Å². The first-order valence-corrected chi connectivity index (χ1v) is 8.74. The molecule has 1 aromatic heterocycles. The van der Waals surface area contributed by atoms with Crippen molar-refractivity contribution >= 4 is 34.1 Å². The van der Waals surface area contributed by atoms with Gasteiger partial charge >= 0.3 is 0 Å². The van der Waals surface area contributed by atoms with Crippen LogP contribution in [0.25, 0.3) is 22.2 Å². The Labute approximate surface area is 151 Å². The normalized spacial score (nSPS) is 11.2. The van der Waals surface area contributed by atoms with Crippen LogP contribution >= 0.6 is 23.2 Å². The summed E-state index contributed by atoms with van der Waals surface area (Å²) in [5.41, 5.74) is 9.90. The Hall–Kier alpha value is -1.68. The van der Waals surface area contributed by atoms with Crippen LogP contribution in [0, 0.1) is 0 Å². The maximum Gasteiger partial charge on any atom is 0.119 e. The van der Waals surface area contributed by atoms with Gasteiger partial charge in [-0.1, -0.05) is 41.4 Å². The summed E-state index contributed by atoms with van der Waals surface area (Å²) < 4.78 is 5.35. The van der Waals surface area contributed by atoms with E-state index >= 15 is 0 Å². The van der Waals surface area contributed by atoms with Crippen molar-refractivity contribution in [2.75, 3.05) is 13.7 Å². The molecule has 0 bridgehead atoms. The van der Waals surface area contributed by atoms with Gasteiger partial charge in [0, 0.05) is 16.6 Å². The monoisotopic (exact) mass is 362 g/mol. The molecular weight excluding hydrogens is 343 g/mol. The molecule has 0 fully saturated rings. The number of nitrogens with two attached hydrogens (primary N) is 1. The first-order chi connectivity index (χ1) is 11.7. The summed E-state index contributed by atoms with van der Waals surface area (Å²) in [6.07, 6.45) is 2.95. The zero-order valence-electron chi connectivity index (χ0n) is 13.5. The Kier molecular flexibility index (Phi) is 5.34. The van der Waals surface area contributed by atoms with E-state index in [4.69, 9.17) is 33.7 Å². The number of H-pyrrole nitrogens is 1. The lowest BCUT2D eigenvalue weighted by Crippen LogP contribution is -1.99. The molecule has 24 heavy (non-hydrogen) atoms. The molecule has 3 N–H and O–H groups in total. The van der Waals surface area contributed by atoms with Crippen molar-refractivity contribution in [3.8, 4) is 17.0 Å². The number of aryl methyl sites for hydroxylation is 1. The summed E-state index contributed by atoms with van der Waals surface area (Å²) in [6, 6.07) is 11.9. The second-order valence-electron chi connectivity index (χ2n) is 5.74. The lowest BCUT2D eigenvalue weighted by molar-refractivity contribution is 0.415. The van der Waals surface area contributed by atoms with E-state index in [9.17, 15) is 0 Å². The van der Waals surface area contributed by atoms with Crippen LogP contribution < -0.4 is 10.5 Å². The molecule has 0 saturated carbocycles. The van der Waals surface area contributed by atoms with E-state index in [1.54, 1.807) is 7.11 Å². The fourth-order valence-corrected chi connectivity index (χ4v) is 3.36. The van der Waals surface area contributed by atoms with Crippen molar-refractivity contribution in [1.29, 1.82) is 0 Å². The topological polar surface area (TPSA) is 51.0 Å². The predicted molar refractivity (Wildman–Crippen MR) is 102 cm³/mol. The molecular formula is C19H20Cl2N2O. The minimum absolute atomic E-state index is 0.552. The van der Waals surface area contributed by atoms with Crippen LogP contribution in [0.5, 0.6) is 5.75 Å². The first-order valence-electron chi connectivity index (χ1n) is 7.98. The molecule has 0 spiro atoms. The van der Waals surface area contributed by atoms with Crippen LogP contribution in [0.3, 0.4) is 0 Å². The minimum Gasteiger partial charge on any atom is -0.497 e. The van der Waals surface area contributed by atoms with Crippen molar-refractivity contribution in [3.05, 3.63) is 52.0 Å². The first kappa shape index (κ1) is 17.2. The molecule has 0 aliphatic carbocycles. The third kappa shape index (κ3) is 3.25. The molecule has 126 valence electrons. The number of aromatic nitrogens is 1. The SMILES string of the molecule is COc1cccc(-c2[nH]c3c(Cl)c(Cl)ccc3c2CCCCN)c1. The average molecular weight is 363 g/mol. The summed E-state index contributed by atoms with van der Waals surface area (Å²) in [5, 5.41) is 2.22. The van der Waals surface area contributed by atoms with Gasteiger partial charge < -0.3 is 15.5 Å². The highest BCUT2D eigenvalue weighted by atomic mass is 35.5. The van der Waals surface area contributed by atoms with Gasteiger partial charge in [-0.25, -0.2) is 0 Å². The van der Waals surface area contributed by atoms with Gasteiger partial charge in [0.15, 0.2) is 0 Å².